The summed E-state index contributed by atoms with van der Waals surface area (Å²) in [6, 6.07) is 0. The van der Waals surface area contributed by atoms with Crippen LogP contribution in [0.3, 0.4) is 0 Å². The summed E-state index contributed by atoms with van der Waals surface area (Å²) in [5, 5.41) is 0. The zero-order valence-electron chi connectivity index (χ0n) is 28.7. The van der Waals surface area contributed by atoms with Gasteiger partial charge in [0.1, 0.15) is 0 Å². The van der Waals surface area contributed by atoms with Gasteiger partial charge in [0.2, 0.25) is 0 Å². The van der Waals surface area contributed by atoms with E-state index in [1.165, 1.54) is 0 Å². The molecule has 0 unspecified atom stereocenters. The van der Waals surface area contributed by atoms with E-state index in [4.69, 9.17) is 13.6 Å². The molecule has 0 aromatic rings. The second-order valence-electron chi connectivity index (χ2n) is 16.4. The molecule has 0 radical (unpaired) electrons. The highest BCUT2D eigenvalue weighted by Crippen LogP contribution is 2.49. The smallest absolute Gasteiger partial charge is 0.291 e. The molecule has 230 valence electrons. The maximum absolute atomic E-state index is 13.9. The molecule has 0 fully saturated rings. The maximum atomic E-state index is 13.9. The Hall–Kier alpha value is -0.0100. The molecule has 0 rings (SSSR count). The molecule has 0 heterocycles. The van der Waals surface area contributed by atoms with E-state index in [0.717, 1.165) is 0 Å². The Kier molecular flexibility index (Phi) is 13.3. The summed E-state index contributed by atoms with van der Waals surface area (Å²) in [5.74, 6) is 0. The molecule has 0 aliphatic heterocycles. The largest absolute Gasteiger partial charge is 0.474 e. The van der Waals surface area contributed by atoms with E-state index in [9.17, 15) is 4.57 Å². The van der Waals surface area contributed by atoms with Crippen LogP contribution in [-0.4, -0.2) is 87.4 Å². The molecule has 8 heteroatoms. The van der Waals surface area contributed by atoms with E-state index in [0.29, 0.717) is 19.6 Å². The van der Waals surface area contributed by atoms with Gasteiger partial charge in [0, 0.05) is 52.9 Å². The second-order valence-corrected chi connectivity index (χ2v) is 18.1. The van der Waals surface area contributed by atoms with E-state index in [-0.39, 0.29) is 53.1 Å². The first-order valence-corrected chi connectivity index (χ1v) is 15.8. The van der Waals surface area contributed by atoms with E-state index >= 15 is 0 Å². The predicted molar refractivity (Wildman–Crippen MR) is 164 cm³/mol. The first-order valence-electron chi connectivity index (χ1n) is 14.4. The van der Waals surface area contributed by atoms with Gasteiger partial charge >= 0.3 is 7.82 Å². The van der Waals surface area contributed by atoms with Gasteiger partial charge in [0.15, 0.2) is 0 Å². The highest BCUT2D eigenvalue weighted by molar-refractivity contribution is 7.48. The lowest BCUT2D eigenvalue weighted by atomic mass is 9.96. The van der Waals surface area contributed by atoms with Crippen molar-refractivity contribution in [3.05, 3.63) is 0 Å². The zero-order valence-corrected chi connectivity index (χ0v) is 29.6. The van der Waals surface area contributed by atoms with Crippen molar-refractivity contribution in [3.8, 4) is 0 Å². The molecular weight excluding hydrogens is 497 g/mol. The molecule has 0 spiro atoms. The van der Waals surface area contributed by atoms with Crippen LogP contribution in [0.4, 0.5) is 0 Å². The fraction of sp³-hybridized carbons (Fsp3) is 1.00. The third-order valence-electron chi connectivity index (χ3n) is 6.55. The van der Waals surface area contributed by atoms with Crippen molar-refractivity contribution in [2.75, 3.05) is 39.5 Å². The quantitative estimate of drug-likeness (QED) is 0.224. The Labute approximate surface area is 237 Å². The van der Waals surface area contributed by atoms with Crippen LogP contribution < -0.4 is 0 Å². The lowest BCUT2D eigenvalue weighted by Gasteiger charge is -2.46. The average Bonchev–Trinajstić information content (AvgIpc) is 2.60. The van der Waals surface area contributed by atoms with Crippen LogP contribution in [0.15, 0.2) is 0 Å². The maximum Gasteiger partial charge on any atom is 0.474 e. The van der Waals surface area contributed by atoms with Gasteiger partial charge in [-0.25, -0.2) is 4.57 Å². The van der Waals surface area contributed by atoms with Crippen LogP contribution in [0.1, 0.15) is 125 Å². The van der Waals surface area contributed by atoms with Crippen LogP contribution in [0.5, 0.6) is 0 Å². The minimum atomic E-state index is -3.78. The van der Waals surface area contributed by atoms with Crippen molar-refractivity contribution in [1.82, 2.24) is 14.7 Å². The van der Waals surface area contributed by atoms with Crippen LogP contribution in [-0.2, 0) is 18.1 Å². The molecule has 0 aliphatic carbocycles. The Balaban J connectivity index is 5.68. The highest BCUT2D eigenvalue weighted by Gasteiger charge is 2.36. The third kappa shape index (κ3) is 13.6. The lowest BCUT2D eigenvalue weighted by Crippen LogP contribution is -2.54. The van der Waals surface area contributed by atoms with Gasteiger partial charge in [-0.15, -0.1) is 0 Å². The molecule has 7 nitrogen and oxygen atoms in total. The molecule has 0 amide bonds. The summed E-state index contributed by atoms with van der Waals surface area (Å²) in [4.78, 5) is 7.06. The van der Waals surface area contributed by atoms with Crippen molar-refractivity contribution in [1.29, 1.82) is 0 Å². The van der Waals surface area contributed by atoms with Crippen molar-refractivity contribution in [2.45, 2.75) is 158 Å². The third-order valence-corrected chi connectivity index (χ3v) is 8.05. The molecular formula is C30H66N3O4P. The fourth-order valence-electron chi connectivity index (χ4n) is 5.87. The lowest BCUT2D eigenvalue weighted by molar-refractivity contribution is -0.00189. The van der Waals surface area contributed by atoms with Crippen LogP contribution in [0, 0.1) is 0 Å². The minimum Gasteiger partial charge on any atom is -0.291 e. The molecule has 0 atom stereocenters. The Bertz CT molecular complexity index is 603. The van der Waals surface area contributed by atoms with Crippen molar-refractivity contribution < 1.29 is 18.1 Å². The summed E-state index contributed by atoms with van der Waals surface area (Å²) < 4.78 is 31.9. The van der Waals surface area contributed by atoms with Crippen LogP contribution in [0.2, 0.25) is 0 Å². The number of nitrogens with zero attached hydrogens (tertiary/aromatic N) is 3. The molecule has 0 saturated carbocycles. The normalized spacial score (nSPS) is 15.3. The van der Waals surface area contributed by atoms with E-state index < -0.39 is 7.82 Å². The first kappa shape index (κ1) is 38.0. The van der Waals surface area contributed by atoms with Gasteiger partial charge in [-0.2, -0.15) is 0 Å². The molecule has 38 heavy (non-hydrogen) atoms. The van der Waals surface area contributed by atoms with E-state index in [1.807, 2.05) is 0 Å². The summed E-state index contributed by atoms with van der Waals surface area (Å²) in [5.41, 5.74) is -0.374. The molecule has 0 N–H and O–H groups in total. The van der Waals surface area contributed by atoms with Gasteiger partial charge in [0.25, 0.3) is 0 Å². The number of hydrogen-bond donors (Lipinski definition) is 0. The standard InChI is InChI=1S/C30H66N3O4P/c1-25(2,3)31(26(4,5)6)19-22-35-38(34,36-23-20-32(27(7,8)9)28(10,11)12)37-24-21-33(29(13,14)15)30(16,17)18/h19-24H2,1-18H3. The molecule has 0 saturated heterocycles. The van der Waals surface area contributed by atoms with Crippen molar-refractivity contribution >= 4 is 7.82 Å². The first-order chi connectivity index (χ1) is 16.5. The summed E-state index contributed by atoms with van der Waals surface area (Å²) >= 11 is 0. The Morgan fingerprint density at radius 1 is 0.395 bits per heavy atom. The van der Waals surface area contributed by atoms with Crippen molar-refractivity contribution in [2.24, 2.45) is 0 Å². The SMILES string of the molecule is CC(C)(C)N(CCOP(=O)(OCCN(C(C)(C)C)C(C)(C)C)OCCN(C(C)(C)C)C(C)(C)C)C(C)(C)C. The number of hydrogen-bond acceptors (Lipinski definition) is 7. The van der Waals surface area contributed by atoms with Gasteiger partial charge in [0.05, 0.1) is 19.8 Å². The Morgan fingerprint density at radius 3 is 0.684 bits per heavy atom. The van der Waals surface area contributed by atoms with Gasteiger partial charge < -0.3 is 0 Å². The number of phosphoric acid groups is 1. The topological polar surface area (TPSA) is 54.5 Å². The van der Waals surface area contributed by atoms with Crippen LogP contribution in [0.25, 0.3) is 0 Å². The zero-order chi connectivity index (χ0) is 30.6. The fourth-order valence-corrected chi connectivity index (χ4v) is 7.01. The number of rotatable bonds is 12. The summed E-state index contributed by atoms with van der Waals surface area (Å²) in [6.07, 6.45) is 0. The molecule has 0 aromatic carbocycles. The average molecular weight is 564 g/mol. The van der Waals surface area contributed by atoms with E-state index in [1.54, 1.807) is 0 Å². The Morgan fingerprint density at radius 2 is 0.553 bits per heavy atom. The van der Waals surface area contributed by atoms with Crippen molar-refractivity contribution in [3.63, 3.8) is 0 Å². The summed E-state index contributed by atoms with van der Waals surface area (Å²) in [6.45, 7) is 42.0. The number of phosphoric ester groups is 1. The monoisotopic (exact) mass is 563 g/mol. The second kappa shape index (κ2) is 13.3. The van der Waals surface area contributed by atoms with Crippen LogP contribution >= 0.6 is 7.82 Å². The molecule has 0 bridgehead atoms. The molecule has 0 aliphatic rings. The summed E-state index contributed by atoms with van der Waals surface area (Å²) in [7, 11) is -3.78. The minimum absolute atomic E-state index is 0.0624. The highest BCUT2D eigenvalue weighted by atomic mass is 31.2. The molecule has 0 aromatic heterocycles. The van der Waals surface area contributed by atoms with Gasteiger partial charge in [-0.1, -0.05) is 0 Å². The van der Waals surface area contributed by atoms with Gasteiger partial charge in [-0.05, 0) is 125 Å². The van der Waals surface area contributed by atoms with E-state index in [2.05, 4.69) is 139 Å². The van der Waals surface area contributed by atoms with Gasteiger partial charge in [-0.3, -0.25) is 28.3 Å². The predicted octanol–water partition coefficient (Wildman–Crippen LogP) is 7.84.